The number of carboxylic acid groups (broad SMARTS) is 1. The van der Waals surface area contributed by atoms with E-state index in [-0.39, 0.29) is 6.42 Å². The second-order valence-electron chi connectivity index (χ2n) is 4.61. The maximum atomic E-state index is 10.8. The molecule has 1 aromatic carbocycles. The van der Waals surface area contributed by atoms with E-state index >= 15 is 0 Å². The Balaban J connectivity index is 1.85. The number of hydrogen-bond donors (Lipinski definition) is 2. The number of benzene rings is 1. The maximum Gasteiger partial charge on any atom is 0.307 e. The normalized spacial score (nSPS) is 19.0. The van der Waals surface area contributed by atoms with Crippen LogP contribution in [-0.4, -0.2) is 28.6 Å². The van der Waals surface area contributed by atoms with Gasteiger partial charge in [0.15, 0.2) is 0 Å². The summed E-state index contributed by atoms with van der Waals surface area (Å²) in [4.78, 5) is 10.8. The lowest BCUT2D eigenvalue weighted by Gasteiger charge is -2.12. The average molecular weight is 265 g/mol. The second kappa shape index (κ2) is 6.81. The van der Waals surface area contributed by atoms with E-state index in [1.807, 2.05) is 36.0 Å². The molecule has 0 aliphatic carbocycles. The van der Waals surface area contributed by atoms with E-state index in [9.17, 15) is 4.79 Å². The van der Waals surface area contributed by atoms with Gasteiger partial charge in [-0.2, -0.15) is 11.8 Å². The van der Waals surface area contributed by atoms with Crippen LogP contribution in [0.4, 0.5) is 0 Å². The molecule has 18 heavy (non-hydrogen) atoms. The zero-order valence-electron chi connectivity index (χ0n) is 10.4. The summed E-state index contributed by atoms with van der Waals surface area (Å²) < 4.78 is 0. The quantitative estimate of drug-likeness (QED) is 0.828. The minimum absolute atomic E-state index is 0.107. The number of thioether (sulfide) groups is 1. The van der Waals surface area contributed by atoms with Crippen LogP contribution in [0.3, 0.4) is 0 Å². The fourth-order valence-electron chi connectivity index (χ4n) is 2.24. The zero-order valence-corrected chi connectivity index (χ0v) is 11.2. The smallest absolute Gasteiger partial charge is 0.307 e. The third-order valence-electron chi connectivity index (χ3n) is 3.17. The van der Waals surface area contributed by atoms with Crippen LogP contribution < -0.4 is 5.32 Å². The van der Waals surface area contributed by atoms with Gasteiger partial charge < -0.3 is 10.4 Å². The van der Waals surface area contributed by atoms with E-state index in [0.29, 0.717) is 0 Å². The fraction of sp³-hybridized carbons (Fsp3) is 0.500. The number of hydrogen-bond acceptors (Lipinski definition) is 3. The second-order valence-corrected chi connectivity index (χ2v) is 6.01. The van der Waals surface area contributed by atoms with Crippen molar-refractivity contribution in [2.75, 3.05) is 12.3 Å². The number of rotatable bonds is 6. The predicted molar refractivity (Wildman–Crippen MR) is 75.0 cm³/mol. The first-order valence-electron chi connectivity index (χ1n) is 6.36. The molecule has 0 spiro atoms. The summed E-state index contributed by atoms with van der Waals surface area (Å²) in [7, 11) is 0. The highest BCUT2D eigenvalue weighted by Gasteiger charge is 2.14. The van der Waals surface area contributed by atoms with Crippen molar-refractivity contribution >= 4 is 17.7 Å². The Kier molecular flexibility index (Phi) is 5.08. The van der Waals surface area contributed by atoms with Crippen LogP contribution in [0, 0.1) is 0 Å². The largest absolute Gasteiger partial charge is 0.481 e. The molecule has 0 radical (unpaired) electrons. The van der Waals surface area contributed by atoms with E-state index in [1.54, 1.807) is 0 Å². The lowest BCUT2D eigenvalue weighted by molar-refractivity contribution is -0.136. The van der Waals surface area contributed by atoms with Crippen LogP contribution in [0.5, 0.6) is 0 Å². The Bertz CT molecular complexity index is 403. The molecule has 0 aromatic heterocycles. The molecular weight excluding hydrogens is 246 g/mol. The minimum atomic E-state index is -0.770. The summed E-state index contributed by atoms with van der Waals surface area (Å²) in [5.74, 6) is 0.510. The summed E-state index contributed by atoms with van der Waals surface area (Å²) in [6, 6.07) is 7.77. The van der Waals surface area contributed by atoms with Gasteiger partial charge in [-0.15, -0.1) is 0 Å². The van der Waals surface area contributed by atoms with Crippen LogP contribution in [0.25, 0.3) is 0 Å². The van der Waals surface area contributed by atoms with Crippen molar-refractivity contribution < 1.29 is 9.90 Å². The highest BCUT2D eigenvalue weighted by atomic mass is 32.2. The van der Waals surface area contributed by atoms with Gasteiger partial charge in [0, 0.05) is 18.3 Å². The molecule has 1 unspecified atom stereocenters. The minimum Gasteiger partial charge on any atom is -0.481 e. The number of carbonyl (C=O) groups is 1. The van der Waals surface area contributed by atoms with Gasteiger partial charge in [-0.05, 0) is 29.7 Å². The summed E-state index contributed by atoms with van der Waals surface area (Å²) in [5, 5.41) is 13.0. The molecule has 1 aliphatic rings. The number of nitrogens with one attached hydrogen (secondary N) is 1. The molecule has 0 amide bonds. The average Bonchev–Trinajstić information content (AvgIpc) is 2.84. The Morgan fingerprint density at radius 2 is 2.17 bits per heavy atom. The van der Waals surface area contributed by atoms with Crippen molar-refractivity contribution in [1.29, 1.82) is 0 Å². The highest BCUT2D eigenvalue weighted by molar-refractivity contribution is 8.00. The molecule has 1 heterocycles. The fourth-order valence-corrected chi connectivity index (χ4v) is 3.47. The third-order valence-corrected chi connectivity index (χ3v) is 4.57. The molecule has 98 valence electrons. The molecule has 0 saturated carbocycles. The van der Waals surface area contributed by atoms with E-state index in [2.05, 4.69) is 5.32 Å². The molecule has 1 atom stereocenters. The monoisotopic (exact) mass is 265 g/mol. The van der Waals surface area contributed by atoms with Gasteiger partial charge in [0.1, 0.15) is 0 Å². The first kappa shape index (κ1) is 13.4. The van der Waals surface area contributed by atoms with Crippen LogP contribution in [0.15, 0.2) is 24.3 Å². The predicted octanol–water partition coefficient (Wildman–Crippen LogP) is 2.30. The third kappa shape index (κ3) is 4.03. The van der Waals surface area contributed by atoms with Crippen LogP contribution in [0.2, 0.25) is 0 Å². The summed E-state index contributed by atoms with van der Waals surface area (Å²) in [5.41, 5.74) is 2.01. The van der Waals surface area contributed by atoms with E-state index in [0.717, 1.165) is 29.5 Å². The Hall–Kier alpha value is -1.00. The molecule has 1 saturated heterocycles. The molecule has 4 heteroatoms. The zero-order chi connectivity index (χ0) is 12.8. The molecule has 1 aliphatic heterocycles. The van der Waals surface area contributed by atoms with Crippen molar-refractivity contribution in [3.8, 4) is 0 Å². The standard InChI is InChI=1S/C14H19NO2S/c16-14(17)8-11-4-1-2-5-12(11)9-15-10-13-6-3-7-18-13/h1-2,4-5,13,15H,3,6-10H2,(H,16,17). The molecule has 1 fully saturated rings. The van der Waals surface area contributed by atoms with Crippen molar-refractivity contribution in [2.24, 2.45) is 0 Å². The van der Waals surface area contributed by atoms with Crippen LogP contribution in [-0.2, 0) is 17.8 Å². The summed E-state index contributed by atoms with van der Waals surface area (Å²) >= 11 is 2.04. The summed E-state index contributed by atoms with van der Waals surface area (Å²) in [6.45, 7) is 1.78. The first-order chi connectivity index (χ1) is 8.75. The van der Waals surface area contributed by atoms with Gasteiger partial charge in [0.2, 0.25) is 0 Å². The van der Waals surface area contributed by atoms with Gasteiger partial charge >= 0.3 is 5.97 Å². The topological polar surface area (TPSA) is 49.3 Å². The van der Waals surface area contributed by atoms with Gasteiger partial charge in [-0.3, -0.25) is 4.79 Å². The van der Waals surface area contributed by atoms with Gasteiger partial charge in [-0.1, -0.05) is 24.3 Å². The van der Waals surface area contributed by atoms with Crippen molar-refractivity contribution in [3.05, 3.63) is 35.4 Å². The first-order valence-corrected chi connectivity index (χ1v) is 7.41. The molecule has 2 rings (SSSR count). The Morgan fingerprint density at radius 1 is 1.39 bits per heavy atom. The van der Waals surface area contributed by atoms with E-state index in [1.165, 1.54) is 18.6 Å². The van der Waals surface area contributed by atoms with Gasteiger partial charge in [0.25, 0.3) is 0 Å². The van der Waals surface area contributed by atoms with E-state index < -0.39 is 5.97 Å². The van der Waals surface area contributed by atoms with Crippen LogP contribution in [0.1, 0.15) is 24.0 Å². The van der Waals surface area contributed by atoms with Crippen molar-refractivity contribution in [2.45, 2.75) is 31.1 Å². The summed E-state index contributed by atoms with van der Waals surface area (Å²) in [6.07, 6.45) is 2.73. The molecule has 3 nitrogen and oxygen atoms in total. The number of aliphatic carboxylic acids is 1. The molecular formula is C14H19NO2S. The Labute approximate surface area is 112 Å². The molecule has 1 aromatic rings. The SMILES string of the molecule is O=C(O)Cc1ccccc1CNCC1CCCS1. The molecule has 0 bridgehead atoms. The van der Waals surface area contributed by atoms with Gasteiger partial charge in [0.05, 0.1) is 6.42 Å². The van der Waals surface area contributed by atoms with Crippen LogP contribution >= 0.6 is 11.8 Å². The molecule has 2 N–H and O–H groups in total. The number of carboxylic acids is 1. The maximum absolute atomic E-state index is 10.8. The lowest BCUT2D eigenvalue weighted by Crippen LogP contribution is -2.23. The highest BCUT2D eigenvalue weighted by Crippen LogP contribution is 2.25. The van der Waals surface area contributed by atoms with Gasteiger partial charge in [-0.25, -0.2) is 0 Å². The van der Waals surface area contributed by atoms with Crippen molar-refractivity contribution in [3.63, 3.8) is 0 Å². The van der Waals surface area contributed by atoms with E-state index in [4.69, 9.17) is 5.11 Å². The lowest BCUT2D eigenvalue weighted by atomic mass is 10.0. The Morgan fingerprint density at radius 3 is 2.83 bits per heavy atom. The van der Waals surface area contributed by atoms with Crippen molar-refractivity contribution in [1.82, 2.24) is 5.32 Å².